The lowest BCUT2D eigenvalue weighted by Crippen LogP contribution is -2.00. The second-order valence-corrected chi connectivity index (χ2v) is 4.13. The summed E-state index contributed by atoms with van der Waals surface area (Å²) in [5.41, 5.74) is 10.2. The third-order valence-corrected chi connectivity index (χ3v) is 3.26. The van der Waals surface area contributed by atoms with Crippen molar-refractivity contribution in [2.75, 3.05) is 12.8 Å². The average Bonchev–Trinajstić information content (AvgIpc) is 2.64. The topological polar surface area (TPSA) is 53.1 Å². The van der Waals surface area contributed by atoms with Crippen molar-refractivity contribution in [1.82, 2.24) is 9.55 Å². The molecule has 0 fully saturated rings. The largest absolute Gasteiger partial charge is 0.496 e. The molecule has 0 aliphatic heterocycles. The number of anilines is 1. The quantitative estimate of drug-likeness (QED) is 0.862. The zero-order chi connectivity index (χ0) is 12.6. The molecule has 17 heavy (non-hydrogen) atoms. The molecule has 0 amide bonds. The Hall–Kier alpha value is -1.97. The van der Waals surface area contributed by atoms with Gasteiger partial charge < -0.3 is 15.0 Å². The molecule has 0 radical (unpaired) electrons. The fourth-order valence-electron chi connectivity index (χ4n) is 1.97. The van der Waals surface area contributed by atoms with E-state index in [1.54, 1.807) is 13.3 Å². The van der Waals surface area contributed by atoms with Crippen LogP contribution in [0.15, 0.2) is 18.3 Å². The lowest BCUT2D eigenvalue weighted by atomic mass is 10.0. The van der Waals surface area contributed by atoms with E-state index >= 15 is 0 Å². The number of rotatable bonds is 2. The van der Waals surface area contributed by atoms with E-state index in [-0.39, 0.29) is 0 Å². The van der Waals surface area contributed by atoms with Gasteiger partial charge in [-0.15, -0.1) is 0 Å². The molecule has 0 saturated carbocycles. The van der Waals surface area contributed by atoms with Crippen LogP contribution in [0, 0.1) is 13.8 Å². The first kappa shape index (κ1) is 11.5. The van der Waals surface area contributed by atoms with Crippen molar-refractivity contribution < 1.29 is 4.74 Å². The van der Waals surface area contributed by atoms with Gasteiger partial charge in [-0.3, -0.25) is 0 Å². The Morgan fingerprint density at radius 3 is 2.47 bits per heavy atom. The fourth-order valence-corrected chi connectivity index (χ4v) is 1.97. The van der Waals surface area contributed by atoms with Crippen LogP contribution >= 0.6 is 0 Å². The molecule has 0 atom stereocenters. The fraction of sp³-hybridized carbons (Fsp3) is 0.308. The standard InChI is InChI=1S/C13H17N3O/c1-8-9(2)12(17-4)6-5-10(8)11-7-15-13(14)16(11)3/h5-7H,1-4H3,(H2,14,15). The minimum absolute atomic E-state index is 0.521. The Balaban J connectivity index is 2.61. The van der Waals surface area contributed by atoms with Gasteiger partial charge in [0.25, 0.3) is 0 Å². The second-order valence-electron chi connectivity index (χ2n) is 4.13. The zero-order valence-electron chi connectivity index (χ0n) is 10.6. The highest BCUT2D eigenvalue weighted by atomic mass is 16.5. The third kappa shape index (κ3) is 1.75. The van der Waals surface area contributed by atoms with Gasteiger partial charge in [0.05, 0.1) is 19.0 Å². The van der Waals surface area contributed by atoms with Crippen LogP contribution in [0.3, 0.4) is 0 Å². The highest BCUT2D eigenvalue weighted by Crippen LogP contribution is 2.31. The molecule has 2 N–H and O–H groups in total. The van der Waals surface area contributed by atoms with Crippen molar-refractivity contribution >= 4 is 5.95 Å². The van der Waals surface area contributed by atoms with Crippen molar-refractivity contribution in [2.45, 2.75) is 13.8 Å². The third-order valence-electron chi connectivity index (χ3n) is 3.26. The van der Waals surface area contributed by atoms with E-state index in [2.05, 4.69) is 18.8 Å². The van der Waals surface area contributed by atoms with Gasteiger partial charge in [-0.25, -0.2) is 4.98 Å². The summed E-state index contributed by atoms with van der Waals surface area (Å²) in [6.45, 7) is 4.13. The molecule has 90 valence electrons. The maximum atomic E-state index is 5.75. The Morgan fingerprint density at radius 2 is 1.94 bits per heavy atom. The highest BCUT2D eigenvalue weighted by molar-refractivity contribution is 5.68. The zero-order valence-corrected chi connectivity index (χ0v) is 10.6. The summed E-state index contributed by atoms with van der Waals surface area (Å²) in [6, 6.07) is 4.01. The monoisotopic (exact) mass is 231 g/mol. The average molecular weight is 231 g/mol. The molecule has 0 aliphatic carbocycles. The van der Waals surface area contributed by atoms with E-state index in [0.717, 1.165) is 22.6 Å². The molecule has 2 aromatic rings. The summed E-state index contributed by atoms with van der Waals surface area (Å²) >= 11 is 0. The number of nitrogens with zero attached hydrogens (tertiary/aromatic N) is 2. The van der Waals surface area contributed by atoms with Crippen LogP contribution in [-0.4, -0.2) is 16.7 Å². The van der Waals surface area contributed by atoms with Crippen LogP contribution in [0.2, 0.25) is 0 Å². The van der Waals surface area contributed by atoms with Crippen molar-refractivity contribution in [1.29, 1.82) is 0 Å². The van der Waals surface area contributed by atoms with Gasteiger partial charge >= 0.3 is 0 Å². The molecule has 2 rings (SSSR count). The lowest BCUT2D eigenvalue weighted by molar-refractivity contribution is 0.411. The van der Waals surface area contributed by atoms with E-state index in [4.69, 9.17) is 10.5 Å². The molecule has 4 nitrogen and oxygen atoms in total. The normalized spacial score (nSPS) is 10.6. The minimum atomic E-state index is 0.521. The van der Waals surface area contributed by atoms with E-state index in [0.29, 0.717) is 5.95 Å². The number of hydrogen-bond donors (Lipinski definition) is 1. The molecular weight excluding hydrogens is 214 g/mol. The number of nitrogens with two attached hydrogens (primary N) is 1. The van der Waals surface area contributed by atoms with Gasteiger partial charge in [0.2, 0.25) is 0 Å². The lowest BCUT2D eigenvalue weighted by Gasteiger charge is -2.13. The van der Waals surface area contributed by atoms with Crippen molar-refractivity contribution in [3.05, 3.63) is 29.5 Å². The molecule has 0 bridgehead atoms. The molecule has 0 aliphatic rings. The van der Waals surface area contributed by atoms with Gasteiger partial charge in [-0.1, -0.05) is 0 Å². The predicted molar refractivity (Wildman–Crippen MR) is 69.1 cm³/mol. The number of aromatic nitrogens is 2. The van der Waals surface area contributed by atoms with E-state index in [1.807, 2.05) is 23.7 Å². The Labute approximate surface area is 101 Å². The first-order valence-corrected chi connectivity index (χ1v) is 5.48. The SMILES string of the molecule is COc1ccc(-c2cnc(N)n2C)c(C)c1C. The molecule has 1 aromatic carbocycles. The summed E-state index contributed by atoms with van der Waals surface area (Å²) in [5.74, 6) is 1.43. The second kappa shape index (κ2) is 4.13. The molecule has 1 aromatic heterocycles. The van der Waals surface area contributed by atoms with Gasteiger partial charge in [-0.2, -0.15) is 0 Å². The Kier molecular flexibility index (Phi) is 2.79. The Bertz CT molecular complexity index is 558. The van der Waals surface area contributed by atoms with Crippen molar-refractivity contribution in [2.24, 2.45) is 7.05 Å². The number of methoxy groups -OCH3 is 1. The van der Waals surface area contributed by atoms with E-state index in [1.165, 1.54) is 5.56 Å². The van der Waals surface area contributed by atoms with Crippen LogP contribution in [0.25, 0.3) is 11.3 Å². The Morgan fingerprint density at radius 1 is 1.24 bits per heavy atom. The summed E-state index contributed by atoms with van der Waals surface area (Å²) in [7, 11) is 3.60. The number of imidazole rings is 1. The summed E-state index contributed by atoms with van der Waals surface area (Å²) in [4.78, 5) is 4.12. The van der Waals surface area contributed by atoms with Crippen LogP contribution < -0.4 is 10.5 Å². The van der Waals surface area contributed by atoms with E-state index < -0.39 is 0 Å². The molecule has 0 unspecified atom stereocenters. The molecule has 0 saturated heterocycles. The van der Waals surface area contributed by atoms with Gasteiger partial charge in [-0.05, 0) is 37.1 Å². The van der Waals surface area contributed by atoms with E-state index in [9.17, 15) is 0 Å². The number of hydrogen-bond acceptors (Lipinski definition) is 3. The molecule has 1 heterocycles. The number of nitrogen functional groups attached to an aromatic ring is 1. The maximum Gasteiger partial charge on any atom is 0.200 e. The van der Waals surface area contributed by atoms with Crippen LogP contribution in [0.4, 0.5) is 5.95 Å². The number of ether oxygens (including phenoxy) is 1. The minimum Gasteiger partial charge on any atom is -0.496 e. The van der Waals surface area contributed by atoms with Crippen molar-refractivity contribution in [3.63, 3.8) is 0 Å². The molecule has 0 spiro atoms. The van der Waals surface area contributed by atoms with Crippen LogP contribution in [0.1, 0.15) is 11.1 Å². The smallest absolute Gasteiger partial charge is 0.200 e. The summed E-state index contributed by atoms with van der Waals surface area (Å²) in [5, 5.41) is 0. The summed E-state index contributed by atoms with van der Waals surface area (Å²) in [6.07, 6.45) is 1.80. The van der Waals surface area contributed by atoms with Gasteiger partial charge in [0, 0.05) is 12.6 Å². The van der Waals surface area contributed by atoms with Crippen LogP contribution in [0.5, 0.6) is 5.75 Å². The maximum absolute atomic E-state index is 5.75. The van der Waals surface area contributed by atoms with Gasteiger partial charge in [0.15, 0.2) is 5.95 Å². The van der Waals surface area contributed by atoms with Crippen molar-refractivity contribution in [3.8, 4) is 17.0 Å². The first-order chi connectivity index (χ1) is 8.06. The first-order valence-electron chi connectivity index (χ1n) is 5.48. The van der Waals surface area contributed by atoms with Crippen LogP contribution in [-0.2, 0) is 7.05 Å². The predicted octanol–water partition coefficient (Wildman–Crippen LogP) is 2.29. The molecule has 4 heteroatoms. The number of benzene rings is 1. The van der Waals surface area contributed by atoms with Gasteiger partial charge in [0.1, 0.15) is 5.75 Å². The highest BCUT2D eigenvalue weighted by Gasteiger charge is 2.12. The molecular formula is C13H17N3O. The summed E-state index contributed by atoms with van der Waals surface area (Å²) < 4.78 is 7.19.